The summed E-state index contributed by atoms with van der Waals surface area (Å²) in [6.07, 6.45) is 1.16. The minimum atomic E-state index is 0.506. The van der Waals surface area contributed by atoms with Gasteiger partial charge >= 0.3 is 0 Å². The third kappa shape index (κ3) is 2.58. The van der Waals surface area contributed by atoms with Crippen LogP contribution in [0.25, 0.3) is 0 Å². The number of hydrogen-bond donors (Lipinski definition) is 1. The Labute approximate surface area is 109 Å². The highest BCUT2D eigenvalue weighted by molar-refractivity contribution is 5.36. The Morgan fingerprint density at radius 1 is 1.33 bits per heavy atom. The zero-order chi connectivity index (χ0) is 12.4. The number of hydrogen-bond acceptors (Lipinski definition) is 3. The van der Waals surface area contributed by atoms with Crippen LogP contribution in [0, 0.1) is 0 Å². The summed E-state index contributed by atoms with van der Waals surface area (Å²) < 4.78 is 5.39. The molecule has 1 N–H and O–H groups in total. The van der Waals surface area contributed by atoms with Crippen LogP contribution in [0.4, 0.5) is 0 Å². The first kappa shape index (κ1) is 12.2. The average molecular weight is 246 g/mol. The third-order valence-electron chi connectivity index (χ3n) is 4.03. The van der Waals surface area contributed by atoms with Crippen molar-refractivity contribution in [3.05, 3.63) is 34.9 Å². The van der Waals surface area contributed by atoms with E-state index in [1.165, 1.54) is 16.7 Å². The first-order valence-corrected chi connectivity index (χ1v) is 6.98. The minimum Gasteiger partial charge on any atom is -0.379 e. The van der Waals surface area contributed by atoms with Gasteiger partial charge in [0.05, 0.1) is 13.2 Å². The fourth-order valence-corrected chi connectivity index (χ4v) is 2.95. The molecule has 1 atom stereocenters. The van der Waals surface area contributed by atoms with E-state index in [9.17, 15) is 0 Å². The second-order valence-corrected chi connectivity index (χ2v) is 5.35. The molecule has 98 valence electrons. The lowest BCUT2D eigenvalue weighted by atomic mass is 9.93. The van der Waals surface area contributed by atoms with Gasteiger partial charge in [-0.2, -0.15) is 0 Å². The zero-order valence-electron chi connectivity index (χ0n) is 11.1. The number of fused-ring (bicyclic) bond motifs is 1. The second-order valence-electron chi connectivity index (χ2n) is 5.35. The molecule has 0 amide bonds. The molecule has 1 saturated heterocycles. The van der Waals surface area contributed by atoms with Crippen molar-refractivity contribution in [2.24, 2.45) is 0 Å². The highest BCUT2D eigenvalue weighted by atomic mass is 16.5. The fraction of sp³-hybridized carbons (Fsp3) is 0.600. The first-order chi connectivity index (χ1) is 8.83. The molecule has 0 bridgehead atoms. The molecule has 1 fully saturated rings. The van der Waals surface area contributed by atoms with Gasteiger partial charge in [-0.25, -0.2) is 0 Å². The van der Waals surface area contributed by atoms with Gasteiger partial charge in [0.15, 0.2) is 0 Å². The molecule has 3 heteroatoms. The summed E-state index contributed by atoms with van der Waals surface area (Å²) in [4.78, 5) is 2.48. The molecule has 1 aromatic carbocycles. The normalized spacial score (nSPS) is 24.8. The highest BCUT2D eigenvalue weighted by Crippen LogP contribution is 2.24. The Morgan fingerprint density at radius 2 is 2.17 bits per heavy atom. The Balaban J connectivity index is 1.73. The lowest BCUT2D eigenvalue weighted by Crippen LogP contribution is -2.35. The summed E-state index contributed by atoms with van der Waals surface area (Å²) in [6.45, 7) is 8.31. The maximum absolute atomic E-state index is 5.39. The molecule has 0 saturated carbocycles. The van der Waals surface area contributed by atoms with E-state index < -0.39 is 0 Å². The molecule has 1 aromatic rings. The standard InChI is InChI=1S/C15H22N2O/c1-12-15-3-2-13(10-14(15)4-5-16-12)11-17-6-8-18-9-7-17/h2-3,10,12,16H,4-9,11H2,1H3. The molecule has 3 rings (SSSR count). The molecule has 0 spiro atoms. The van der Waals surface area contributed by atoms with Gasteiger partial charge in [0.1, 0.15) is 0 Å². The number of nitrogens with zero attached hydrogens (tertiary/aromatic N) is 1. The zero-order valence-corrected chi connectivity index (χ0v) is 11.1. The van der Waals surface area contributed by atoms with Crippen molar-refractivity contribution in [2.45, 2.75) is 25.9 Å². The van der Waals surface area contributed by atoms with E-state index in [0.717, 1.165) is 45.8 Å². The minimum absolute atomic E-state index is 0.506. The molecule has 2 aliphatic rings. The van der Waals surface area contributed by atoms with Crippen LogP contribution in [-0.2, 0) is 17.7 Å². The van der Waals surface area contributed by atoms with E-state index >= 15 is 0 Å². The Kier molecular flexibility index (Phi) is 3.64. The van der Waals surface area contributed by atoms with Crippen molar-refractivity contribution in [2.75, 3.05) is 32.8 Å². The van der Waals surface area contributed by atoms with Crippen LogP contribution in [0.1, 0.15) is 29.7 Å². The largest absolute Gasteiger partial charge is 0.379 e. The summed E-state index contributed by atoms with van der Waals surface area (Å²) in [5, 5.41) is 3.51. The summed E-state index contributed by atoms with van der Waals surface area (Å²) in [6, 6.07) is 7.51. The van der Waals surface area contributed by atoms with Crippen LogP contribution < -0.4 is 5.32 Å². The number of nitrogens with one attached hydrogen (secondary N) is 1. The van der Waals surface area contributed by atoms with E-state index in [1.54, 1.807) is 0 Å². The van der Waals surface area contributed by atoms with E-state index in [0.29, 0.717) is 6.04 Å². The number of benzene rings is 1. The van der Waals surface area contributed by atoms with E-state index in [-0.39, 0.29) is 0 Å². The van der Waals surface area contributed by atoms with Crippen molar-refractivity contribution in [3.8, 4) is 0 Å². The maximum atomic E-state index is 5.39. The summed E-state index contributed by atoms with van der Waals surface area (Å²) in [5.74, 6) is 0. The topological polar surface area (TPSA) is 24.5 Å². The quantitative estimate of drug-likeness (QED) is 0.860. The number of morpholine rings is 1. The van der Waals surface area contributed by atoms with E-state index in [1.807, 2.05) is 0 Å². The van der Waals surface area contributed by atoms with Crippen LogP contribution >= 0.6 is 0 Å². The lowest BCUT2D eigenvalue weighted by molar-refractivity contribution is 0.0342. The molecule has 2 aliphatic heterocycles. The van der Waals surface area contributed by atoms with Crippen molar-refractivity contribution in [1.29, 1.82) is 0 Å². The van der Waals surface area contributed by atoms with Gasteiger partial charge in [-0.1, -0.05) is 18.2 Å². The molecule has 3 nitrogen and oxygen atoms in total. The predicted octanol–water partition coefficient (Wildman–Crippen LogP) is 1.73. The average Bonchev–Trinajstić information content (AvgIpc) is 2.40. The first-order valence-electron chi connectivity index (χ1n) is 6.98. The van der Waals surface area contributed by atoms with Gasteiger partial charge in [-0.3, -0.25) is 4.90 Å². The fourth-order valence-electron chi connectivity index (χ4n) is 2.95. The van der Waals surface area contributed by atoms with Crippen LogP contribution in [0.2, 0.25) is 0 Å². The molecule has 0 aliphatic carbocycles. The van der Waals surface area contributed by atoms with Crippen LogP contribution in [0.5, 0.6) is 0 Å². The molecule has 1 unspecified atom stereocenters. The third-order valence-corrected chi connectivity index (χ3v) is 4.03. The monoisotopic (exact) mass is 246 g/mol. The Morgan fingerprint density at radius 3 is 3.00 bits per heavy atom. The second kappa shape index (κ2) is 5.39. The molecule has 0 radical (unpaired) electrons. The van der Waals surface area contributed by atoms with Crippen molar-refractivity contribution >= 4 is 0 Å². The smallest absolute Gasteiger partial charge is 0.0594 e. The molecular formula is C15H22N2O. The van der Waals surface area contributed by atoms with Crippen molar-refractivity contribution in [1.82, 2.24) is 10.2 Å². The van der Waals surface area contributed by atoms with Gasteiger partial charge in [0.25, 0.3) is 0 Å². The van der Waals surface area contributed by atoms with Gasteiger partial charge in [-0.15, -0.1) is 0 Å². The van der Waals surface area contributed by atoms with Crippen LogP contribution in [-0.4, -0.2) is 37.7 Å². The molecule has 2 heterocycles. The molecule has 18 heavy (non-hydrogen) atoms. The Hall–Kier alpha value is -0.900. The SMILES string of the molecule is CC1NCCc2cc(CN3CCOCC3)ccc21. The molecular weight excluding hydrogens is 224 g/mol. The lowest BCUT2D eigenvalue weighted by Gasteiger charge is -2.28. The number of rotatable bonds is 2. The van der Waals surface area contributed by atoms with Crippen molar-refractivity contribution in [3.63, 3.8) is 0 Å². The van der Waals surface area contributed by atoms with Gasteiger partial charge in [-0.05, 0) is 36.6 Å². The molecule has 0 aromatic heterocycles. The van der Waals surface area contributed by atoms with Crippen LogP contribution in [0.15, 0.2) is 18.2 Å². The van der Waals surface area contributed by atoms with E-state index in [4.69, 9.17) is 4.74 Å². The predicted molar refractivity (Wildman–Crippen MR) is 72.7 cm³/mol. The highest BCUT2D eigenvalue weighted by Gasteiger charge is 2.16. The van der Waals surface area contributed by atoms with Gasteiger partial charge in [0, 0.05) is 25.7 Å². The summed E-state index contributed by atoms with van der Waals surface area (Å²) >= 11 is 0. The van der Waals surface area contributed by atoms with Gasteiger partial charge < -0.3 is 10.1 Å². The summed E-state index contributed by atoms with van der Waals surface area (Å²) in [7, 11) is 0. The maximum Gasteiger partial charge on any atom is 0.0594 e. The van der Waals surface area contributed by atoms with Crippen LogP contribution in [0.3, 0.4) is 0 Å². The van der Waals surface area contributed by atoms with E-state index in [2.05, 4.69) is 35.3 Å². The Bertz CT molecular complexity index is 413. The number of ether oxygens (including phenoxy) is 1. The summed E-state index contributed by atoms with van der Waals surface area (Å²) in [5.41, 5.74) is 4.46. The van der Waals surface area contributed by atoms with Gasteiger partial charge in [0.2, 0.25) is 0 Å². The van der Waals surface area contributed by atoms with Crippen molar-refractivity contribution < 1.29 is 4.74 Å².